The topological polar surface area (TPSA) is 71.1 Å². The molecule has 0 N–H and O–H groups in total. The molecule has 0 heterocycles. The molecule has 0 amide bonds. The van der Waals surface area contributed by atoms with Gasteiger partial charge in [0.05, 0.1) is 13.2 Å². The first-order valence-electron chi connectivity index (χ1n) is 14.0. The fourth-order valence-electron chi connectivity index (χ4n) is 4.02. The Bertz CT molecular complexity index is 837. The summed E-state index contributed by atoms with van der Waals surface area (Å²) in [6.45, 7) is 5.08. The van der Waals surface area contributed by atoms with Crippen LogP contribution in [0.4, 0.5) is 9.59 Å². The second-order valence-electron chi connectivity index (χ2n) is 9.33. The van der Waals surface area contributed by atoms with E-state index in [1.165, 1.54) is 38.5 Å². The van der Waals surface area contributed by atoms with Crippen molar-refractivity contribution in [2.75, 3.05) is 13.2 Å². The van der Waals surface area contributed by atoms with Crippen molar-refractivity contribution in [1.82, 2.24) is 0 Å². The van der Waals surface area contributed by atoms with Gasteiger partial charge in [-0.15, -0.1) is 0 Å². The first-order chi connectivity index (χ1) is 18.1. The summed E-state index contributed by atoms with van der Waals surface area (Å²) >= 11 is 0. The summed E-state index contributed by atoms with van der Waals surface area (Å²) in [7, 11) is 0. The first kappa shape index (κ1) is 30.2. The second kappa shape index (κ2) is 19.1. The Balaban J connectivity index is 1.83. The number of carbonyl (C=O) groups excluding carboxylic acids is 2. The molecule has 0 saturated carbocycles. The van der Waals surface area contributed by atoms with Gasteiger partial charge in [0.2, 0.25) is 0 Å². The molecule has 0 aliphatic heterocycles. The summed E-state index contributed by atoms with van der Waals surface area (Å²) in [4.78, 5) is 24.5. The minimum atomic E-state index is -0.705. The molecule has 37 heavy (non-hydrogen) atoms. The molecular formula is C31H44O6. The Morgan fingerprint density at radius 1 is 0.541 bits per heavy atom. The lowest BCUT2D eigenvalue weighted by Crippen LogP contribution is -2.13. The normalized spacial score (nSPS) is 10.6. The van der Waals surface area contributed by atoms with Crippen molar-refractivity contribution in [1.29, 1.82) is 0 Å². The van der Waals surface area contributed by atoms with Gasteiger partial charge in [0, 0.05) is 6.42 Å². The minimum absolute atomic E-state index is 0.352. The largest absolute Gasteiger partial charge is 0.513 e. The maximum absolute atomic E-state index is 12.2. The number of hydrogen-bond acceptors (Lipinski definition) is 6. The van der Waals surface area contributed by atoms with Crippen LogP contribution in [0.2, 0.25) is 0 Å². The average Bonchev–Trinajstić information content (AvgIpc) is 2.90. The second-order valence-corrected chi connectivity index (χ2v) is 9.33. The van der Waals surface area contributed by atoms with Crippen molar-refractivity contribution in [2.24, 2.45) is 0 Å². The highest BCUT2D eigenvalue weighted by Crippen LogP contribution is 2.27. The minimum Gasteiger partial charge on any atom is -0.434 e. The van der Waals surface area contributed by atoms with Crippen molar-refractivity contribution < 1.29 is 28.5 Å². The molecule has 0 spiro atoms. The maximum atomic E-state index is 12.2. The summed E-state index contributed by atoms with van der Waals surface area (Å²) in [5, 5.41) is 0. The number of unbranched alkanes of at least 4 members (excludes halogenated alkanes) is 10. The van der Waals surface area contributed by atoms with Gasteiger partial charge in [0.25, 0.3) is 0 Å². The predicted octanol–water partition coefficient (Wildman–Crippen LogP) is 9.03. The Morgan fingerprint density at radius 3 is 1.35 bits per heavy atom. The molecule has 0 bridgehead atoms. The van der Waals surface area contributed by atoms with Gasteiger partial charge in [-0.2, -0.15) is 0 Å². The van der Waals surface area contributed by atoms with Crippen molar-refractivity contribution in [3.8, 4) is 11.5 Å². The van der Waals surface area contributed by atoms with E-state index >= 15 is 0 Å². The van der Waals surface area contributed by atoms with Gasteiger partial charge in [-0.25, -0.2) is 9.59 Å². The van der Waals surface area contributed by atoms with Crippen LogP contribution in [0.1, 0.15) is 102 Å². The predicted molar refractivity (Wildman–Crippen MR) is 146 cm³/mol. The Morgan fingerprint density at radius 2 is 0.919 bits per heavy atom. The summed E-state index contributed by atoms with van der Waals surface area (Å²) in [6.07, 6.45) is 12.4. The summed E-state index contributed by atoms with van der Waals surface area (Å²) in [5.41, 5.74) is 1.58. The molecule has 204 valence electrons. The van der Waals surface area contributed by atoms with Crippen LogP contribution in [-0.4, -0.2) is 25.5 Å². The van der Waals surface area contributed by atoms with Crippen molar-refractivity contribution in [2.45, 2.75) is 97.3 Å². The van der Waals surface area contributed by atoms with Crippen LogP contribution in [0.3, 0.4) is 0 Å². The molecule has 0 aromatic heterocycles. The van der Waals surface area contributed by atoms with Crippen LogP contribution < -0.4 is 9.47 Å². The van der Waals surface area contributed by atoms with E-state index in [-0.39, 0.29) is 0 Å². The third kappa shape index (κ3) is 13.2. The first-order valence-corrected chi connectivity index (χ1v) is 14.0. The van der Waals surface area contributed by atoms with E-state index in [0.29, 0.717) is 31.1 Å². The highest BCUT2D eigenvalue weighted by molar-refractivity contribution is 5.66. The van der Waals surface area contributed by atoms with Gasteiger partial charge < -0.3 is 18.9 Å². The molecule has 6 nitrogen and oxygen atoms in total. The van der Waals surface area contributed by atoms with E-state index in [0.717, 1.165) is 49.7 Å². The van der Waals surface area contributed by atoms with E-state index in [2.05, 4.69) is 13.8 Å². The SMILES string of the molecule is CCCCCCCCOC(=O)Oc1ccccc1Cc1ccccc1OC(=O)OCCCCCCCC. The summed E-state index contributed by atoms with van der Waals surface area (Å²) in [5.74, 6) is 0.854. The molecule has 0 fully saturated rings. The molecule has 0 unspecified atom stereocenters. The van der Waals surface area contributed by atoms with Crippen LogP contribution >= 0.6 is 0 Å². The molecule has 2 aromatic rings. The van der Waals surface area contributed by atoms with Crippen molar-refractivity contribution in [3.05, 3.63) is 59.7 Å². The van der Waals surface area contributed by atoms with Crippen LogP contribution in [-0.2, 0) is 15.9 Å². The van der Waals surface area contributed by atoms with Crippen molar-refractivity contribution >= 4 is 12.3 Å². The number of hydrogen-bond donors (Lipinski definition) is 0. The molecule has 0 aliphatic rings. The lowest BCUT2D eigenvalue weighted by atomic mass is 10.0. The number of rotatable bonds is 18. The lowest BCUT2D eigenvalue weighted by molar-refractivity contribution is 0.0963. The van der Waals surface area contributed by atoms with Gasteiger partial charge in [0.15, 0.2) is 0 Å². The van der Waals surface area contributed by atoms with Crippen LogP contribution in [0, 0.1) is 0 Å². The number of carbonyl (C=O) groups is 2. The van der Waals surface area contributed by atoms with E-state index in [1.54, 1.807) is 12.1 Å². The Labute approximate surface area is 222 Å². The standard InChI is InChI=1S/C31H44O6/c1-3-5-7-9-11-17-23-34-30(32)36-28-21-15-13-19-26(28)25-27-20-14-16-22-29(27)37-31(33)35-24-18-12-10-8-6-4-2/h13-16,19-22H,3-12,17-18,23-25H2,1-2H3. The molecule has 6 heteroatoms. The maximum Gasteiger partial charge on any atom is 0.513 e. The van der Waals surface area contributed by atoms with Crippen molar-refractivity contribution in [3.63, 3.8) is 0 Å². The quantitative estimate of drug-likeness (QED) is 0.113. The number of para-hydroxylation sites is 2. The number of ether oxygens (including phenoxy) is 4. The molecule has 2 aromatic carbocycles. The lowest BCUT2D eigenvalue weighted by Gasteiger charge is -2.13. The summed E-state index contributed by atoms with van der Waals surface area (Å²) < 4.78 is 21.5. The fourth-order valence-corrected chi connectivity index (χ4v) is 4.02. The van der Waals surface area contributed by atoms with Crippen LogP contribution in [0.15, 0.2) is 48.5 Å². The molecule has 0 atom stereocenters. The monoisotopic (exact) mass is 512 g/mol. The van der Waals surface area contributed by atoms with Crippen LogP contribution in [0.5, 0.6) is 11.5 Å². The Kier molecular flexibility index (Phi) is 15.6. The van der Waals surface area contributed by atoms with Gasteiger partial charge in [-0.3, -0.25) is 0 Å². The highest BCUT2D eigenvalue weighted by Gasteiger charge is 2.15. The molecule has 0 radical (unpaired) electrons. The van der Waals surface area contributed by atoms with Gasteiger partial charge in [0.1, 0.15) is 11.5 Å². The van der Waals surface area contributed by atoms with E-state index in [4.69, 9.17) is 18.9 Å². The molecule has 0 saturated heterocycles. The van der Waals surface area contributed by atoms with Gasteiger partial charge in [-0.1, -0.05) is 114 Å². The smallest absolute Gasteiger partial charge is 0.434 e. The Hall–Kier alpha value is -3.02. The zero-order valence-corrected chi connectivity index (χ0v) is 22.7. The van der Waals surface area contributed by atoms with E-state index < -0.39 is 12.3 Å². The van der Waals surface area contributed by atoms with Crippen LogP contribution in [0.25, 0.3) is 0 Å². The molecule has 0 aliphatic carbocycles. The zero-order valence-electron chi connectivity index (χ0n) is 22.7. The molecule has 2 rings (SSSR count). The zero-order chi connectivity index (χ0) is 26.6. The fraction of sp³-hybridized carbons (Fsp3) is 0.548. The summed E-state index contributed by atoms with van der Waals surface area (Å²) in [6, 6.07) is 14.6. The van der Waals surface area contributed by atoms with E-state index in [1.807, 2.05) is 36.4 Å². The average molecular weight is 513 g/mol. The van der Waals surface area contributed by atoms with Gasteiger partial charge in [-0.05, 0) is 36.1 Å². The van der Waals surface area contributed by atoms with E-state index in [9.17, 15) is 9.59 Å². The van der Waals surface area contributed by atoms with Gasteiger partial charge >= 0.3 is 12.3 Å². The third-order valence-electron chi connectivity index (χ3n) is 6.15. The molecular weight excluding hydrogens is 468 g/mol. The third-order valence-corrected chi connectivity index (χ3v) is 6.15. The highest BCUT2D eigenvalue weighted by atomic mass is 16.7. The number of benzene rings is 2.